The number of carbonyl (C=O) groups excluding carboxylic acids is 1. The first-order chi connectivity index (χ1) is 15.1. The van der Waals surface area contributed by atoms with E-state index in [1.165, 1.54) is 35.7 Å². The molecule has 0 radical (unpaired) electrons. The largest absolute Gasteiger partial charge is 0.573 e. The van der Waals surface area contributed by atoms with E-state index >= 15 is 0 Å². The number of piperidine rings is 1. The Balaban J connectivity index is 1.50. The second-order valence-electron chi connectivity index (χ2n) is 8.76. The summed E-state index contributed by atoms with van der Waals surface area (Å²) in [5, 5.41) is 4.45. The predicted molar refractivity (Wildman–Crippen MR) is 114 cm³/mol. The molecule has 0 N–H and O–H groups in total. The summed E-state index contributed by atoms with van der Waals surface area (Å²) >= 11 is 0. The third-order valence-corrected chi connectivity index (χ3v) is 6.63. The Kier molecular flexibility index (Phi) is 6.20. The maximum absolute atomic E-state index is 13.3. The molecule has 2 saturated heterocycles. The number of carbonyl (C=O) groups is 1. The fraction of sp³-hybridized carbons (Fsp3) is 0.565. The van der Waals surface area contributed by atoms with Gasteiger partial charge in [-0.15, -0.1) is 13.2 Å². The number of hydrogen-bond donors (Lipinski definition) is 0. The quantitative estimate of drug-likeness (QED) is 0.690. The molecule has 1 amide bonds. The Hall–Kier alpha value is -2.55. The number of likely N-dealkylation sites (tertiary alicyclic amines) is 2. The van der Waals surface area contributed by atoms with Gasteiger partial charge in [-0.2, -0.15) is 5.10 Å². The van der Waals surface area contributed by atoms with Crippen molar-refractivity contribution in [3.8, 4) is 11.4 Å². The van der Waals surface area contributed by atoms with Crippen molar-refractivity contribution in [2.24, 2.45) is 0 Å². The maximum Gasteiger partial charge on any atom is 0.573 e. The predicted octanol–water partition coefficient (Wildman–Crippen LogP) is 4.48. The molecule has 9 heteroatoms. The van der Waals surface area contributed by atoms with Crippen molar-refractivity contribution in [1.82, 2.24) is 19.6 Å². The molecule has 3 heterocycles. The van der Waals surface area contributed by atoms with Crippen LogP contribution in [0.5, 0.6) is 5.75 Å². The zero-order valence-electron chi connectivity index (χ0n) is 18.7. The Morgan fingerprint density at radius 3 is 2.47 bits per heavy atom. The molecule has 1 unspecified atom stereocenters. The molecule has 174 valence electrons. The summed E-state index contributed by atoms with van der Waals surface area (Å²) in [6.07, 6.45) is -0.370. The molecule has 2 aliphatic rings. The maximum atomic E-state index is 13.3. The minimum atomic E-state index is -4.77. The number of benzene rings is 1. The molecule has 0 bridgehead atoms. The molecule has 0 saturated carbocycles. The minimum Gasteiger partial charge on any atom is -0.406 e. The van der Waals surface area contributed by atoms with Crippen molar-refractivity contribution < 1.29 is 22.7 Å². The van der Waals surface area contributed by atoms with E-state index in [0.29, 0.717) is 47.8 Å². The van der Waals surface area contributed by atoms with E-state index in [1.54, 1.807) is 19.9 Å². The summed E-state index contributed by atoms with van der Waals surface area (Å²) in [6.45, 7) is 8.34. The molecule has 32 heavy (non-hydrogen) atoms. The Labute approximate surface area is 185 Å². The summed E-state index contributed by atoms with van der Waals surface area (Å²) < 4.78 is 43.3. The van der Waals surface area contributed by atoms with Crippen LogP contribution < -0.4 is 4.74 Å². The SMILES string of the molecule is Cc1nn(-c2cccc(OC(F)(F)F)c2)c(C)c1C(=O)N1CCC(N2CCCC2C)CC1. The number of nitrogens with zero attached hydrogens (tertiary/aromatic N) is 4. The van der Waals surface area contributed by atoms with E-state index in [2.05, 4.69) is 21.7 Å². The highest BCUT2D eigenvalue weighted by Gasteiger charge is 2.34. The van der Waals surface area contributed by atoms with Gasteiger partial charge in [0.1, 0.15) is 5.75 Å². The van der Waals surface area contributed by atoms with Gasteiger partial charge in [-0.25, -0.2) is 4.68 Å². The summed E-state index contributed by atoms with van der Waals surface area (Å²) in [7, 11) is 0. The molecule has 6 nitrogen and oxygen atoms in total. The Morgan fingerprint density at radius 1 is 1.12 bits per heavy atom. The normalized spacial score (nSPS) is 20.7. The zero-order valence-corrected chi connectivity index (χ0v) is 18.7. The number of alkyl halides is 3. The molecule has 4 rings (SSSR count). The molecule has 1 aromatic heterocycles. The van der Waals surface area contributed by atoms with E-state index in [9.17, 15) is 18.0 Å². The van der Waals surface area contributed by atoms with E-state index in [0.717, 1.165) is 19.4 Å². The third kappa shape index (κ3) is 4.62. The highest BCUT2D eigenvalue weighted by atomic mass is 19.4. The van der Waals surface area contributed by atoms with E-state index in [4.69, 9.17) is 0 Å². The summed E-state index contributed by atoms with van der Waals surface area (Å²) in [5.74, 6) is -0.393. The molecular weight excluding hydrogens is 421 g/mol. The lowest BCUT2D eigenvalue weighted by Crippen LogP contribution is -2.47. The average molecular weight is 451 g/mol. The van der Waals surface area contributed by atoms with Gasteiger partial charge >= 0.3 is 6.36 Å². The second kappa shape index (κ2) is 8.77. The fourth-order valence-corrected chi connectivity index (χ4v) is 5.07. The van der Waals surface area contributed by atoms with E-state index < -0.39 is 6.36 Å². The van der Waals surface area contributed by atoms with Crippen molar-refractivity contribution in [3.63, 3.8) is 0 Å². The number of ether oxygens (including phenoxy) is 1. The topological polar surface area (TPSA) is 50.6 Å². The monoisotopic (exact) mass is 450 g/mol. The number of rotatable bonds is 4. The second-order valence-corrected chi connectivity index (χ2v) is 8.76. The van der Waals surface area contributed by atoms with Crippen LogP contribution in [0, 0.1) is 13.8 Å². The van der Waals surface area contributed by atoms with Crippen LogP contribution in [0.2, 0.25) is 0 Å². The first-order valence-electron chi connectivity index (χ1n) is 11.1. The van der Waals surface area contributed by atoms with Crippen molar-refractivity contribution in [1.29, 1.82) is 0 Å². The van der Waals surface area contributed by atoms with Crippen molar-refractivity contribution in [3.05, 3.63) is 41.2 Å². The molecule has 2 aromatic rings. The zero-order chi connectivity index (χ0) is 23.0. The van der Waals surface area contributed by atoms with Crippen LogP contribution in [-0.4, -0.2) is 63.6 Å². The van der Waals surface area contributed by atoms with Gasteiger partial charge < -0.3 is 9.64 Å². The lowest BCUT2D eigenvalue weighted by molar-refractivity contribution is -0.274. The smallest absolute Gasteiger partial charge is 0.406 e. The van der Waals surface area contributed by atoms with Gasteiger partial charge in [-0.1, -0.05) is 6.07 Å². The summed E-state index contributed by atoms with van der Waals surface area (Å²) in [4.78, 5) is 17.8. The summed E-state index contributed by atoms with van der Waals surface area (Å²) in [5.41, 5.74) is 2.09. The van der Waals surface area contributed by atoms with Crippen LogP contribution in [0.25, 0.3) is 5.69 Å². The number of halogens is 3. The molecule has 2 fully saturated rings. The van der Waals surface area contributed by atoms with E-state index in [1.807, 2.05) is 4.90 Å². The van der Waals surface area contributed by atoms with Crippen LogP contribution in [0.4, 0.5) is 13.2 Å². The van der Waals surface area contributed by atoms with Gasteiger partial charge in [0, 0.05) is 31.2 Å². The highest BCUT2D eigenvalue weighted by Crippen LogP contribution is 2.29. The number of amides is 1. The lowest BCUT2D eigenvalue weighted by Gasteiger charge is -2.38. The highest BCUT2D eigenvalue weighted by molar-refractivity contribution is 5.96. The lowest BCUT2D eigenvalue weighted by atomic mass is 10.0. The van der Waals surface area contributed by atoms with Gasteiger partial charge in [-0.3, -0.25) is 9.69 Å². The third-order valence-electron chi connectivity index (χ3n) is 6.63. The molecular formula is C23H29F3N4O2. The van der Waals surface area contributed by atoms with Gasteiger partial charge in [0.2, 0.25) is 0 Å². The Bertz CT molecular complexity index is 980. The fourth-order valence-electron chi connectivity index (χ4n) is 5.07. The Morgan fingerprint density at radius 2 is 1.84 bits per heavy atom. The van der Waals surface area contributed by atoms with Crippen LogP contribution in [0.1, 0.15) is 54.4 Å². The van der Waals surface area contributed by atoms with Crippen molar-refractivity contribution in [2.75, 3.05) is 19.6 Å². The summed E-state index contributed by atoms with van der Waals surface area (Å²) in [6, 6.07) is 6.75. The number of hydrogen-bond acceptors (Lipinski definition) is 4. The molecule has 0 spiro atoms. The number of aromatic nitrogens is 2. The van der Waals surface area contributed by atoms with Crippen LogP contribution in [0.15, 0.2) is 24.3 Å². The van der Waals surface area contributed by atoms with Gasteiger partial charge in [0.15, 0.2) is 0 Å². The first kappa shape index (κ1) is 22.6. The molecule has 1 aromatic carbocycles. The molecule has 2 aliphatic heterocycles. The van der Waals surface area contributed by atoms with Gasteiger partial charge in [0.25, 0.3) is 5.91 Å². The van der Waals surface area contributed by atoms with Crippen molar-refractivity contribution in [2.45, 2.75) is 64.9 Å². The van der Waals surface area contributed by atoms with Gasteiger partial charge in [-0.05, 0) is 65.1 Å². The first-order valence-corrected chi connectivity index (χ1v) is 11.1. The molecule has 0 aliphatic carbocycles. The minimum absolute atomic E-state index is 0.0677. The van der Waals surface area contributed by atoms with Gasteiger partial charge in [0.05, 0.1) is 22.6 Å². The van der Waals surface area contributed by atoms with E-state index in [-0.39, 0.29) is 11.7 Å². The molecule has 1 atom stereocenters. The van der Waals surface area contributed by atoms with Crippen LogP contribution >= 0.6 is 0 Å². The van der Waals surface area contributed by atoms with Crippen LogP contribution in [-0.2, 0) is 0 Å². The standard InChI is InChI=1S/C23H29F3N4O2/c1-15-6-5-11-29(15)18-9-12-28(13-10-18)22(31)21-16(2)27-30(17(21)3)19-7-4-8-20(14-19)32-23(24,25)26/h4,7-8,14-15,18H,5-6,9-13H2,1-3H3. The number of aryl methyl sites for hydroxylation is 1. The average Bonchev–Trinajstić information content (AvgIpc) is 3.29. The van der Waals surface area contributed by atoms with Crippen molar-refractivity contribution >= 4 is 5.91 Å². The van der Waals surface area contributed by atoms with Crippen LogP contribution in [0.3, 0.4) is 0 Å².